The summed E-state index contributed by atoms with van der Waals surface area (Å²) in [4.78, 5) is 18.8. The van der Waals surface area contributed by atoms with Crippen LogP contribution in [0.3, 0.4) is 0 Å². The molecule has 1 aliphatic heterocycles. The van der Waals surface area contributed by atoms with Crippen molar-refractivity contribution in [1.82, 2.24) is 15.5 Å². The van der Waals surface area contributed by atoms with Crippen molar-refractivity contribution in [3.05, 3.63) is 41.3 Å². The number of hydrogen-bond acceptors (Lipinski definition) is 8. The first-order valence-electron chi connectivity index (χ1n) is 11.5. The van der Waals surface area contributed by atoms with E-state index in [1.807, 2.05) is 52.1 Å². The van der Waals surface area contributed by atoms with Crippen molar-refractivity contribution in [3.8, 4) is 0 Å². The molecule has 0 aliphatic carbocycles. The lowest BCUT2D eigenvalue weighted by Crippen LogP contribution is -2.52. The molecule has 0 aromatic heterocycles. The molecule has 2 atom stereocenters. The summed E-state index contributed by atoms with van der Waals surface area (Å²) in [5.74, 6) is 1.37. The molecule has 1 heterocycles. The number of aliphatic hydroxyl groups excluding tert-OH is 1. The average molecular weight is 461 g/mol. The lowest BCUT2D eigenvalue weighted by atomic mass is 10.1. The molecular weight excluding hydrogens is 420 g/mol. The minimum Gasteiger partial charge on any atom is -0.444 e. The van der Waals surface area contributed by atoms with Crippen molar-refractivity contribution in [2.24, 2.45) is 10.7 Å². The van der Waals surface area contributed by atoms with E-state index in [-0.39, 0.29) is 12.1 Å². The number of benzene rings is 1. The molecule has 2 rings (SSSR count). The highest BCUT2D eigenvalue weighted by molar-refractivity contribution is 5.90. The van der Waals surface area contributed by atoms with Crippen LogP contribution in [0.4, 0.5) is 10.5 Å². The van der Waals surface area contributed by atoms with Gasteiger partial charge >= 0.3 is 6.09 Å². The first-order chi connectivity index (χ1) is 15.4. The summed E-state index contributed by atoms with van der Waals surface area (Å²) in [6.45, 7) is 12.2. The summed E-state index contributed by atoms with van der Waals surface area (Å²) in [5.41, 5.74) is 7.61. The number of hydrogen-bond donors (Lipinski definition) is 5. The quantitative estimate of drug-likeness (QED) is 0.378. The van der Waals surface area contributed by atoms with E-state index in [0.717, 1.165) is 23.5 Å². The number of nitrogens with zero attached hydrogens (tertiary/aromatic N) is 2. The number of aliphatic imine (C=N–C) groups is 1. The number of carbonyl (C=O) groups excluding carboxylic acids is 1. The van der Waals surface area contributed by atoms with Crippen molar-refractivity contribution < 1.29 is 14.6 Å². The van der Waals surface area contributed by atoms with E-state index in [1.54, 1.807) is 0 Å². The van der Waals surface area contributed by atoms with E-state index in [9.17, 15) is 9.90 Å². The Balaban J connectivity index is 2.16. The Kier molecular flexibility index (Phi) is 9.13. The van der Waals surface area contributed by atoms with E-state index >= 15 is 0 Å². The summed E-state index contributed by atoms with van der Waals surface area (Å²) in [6.07, 6.45) is -0.170. The minimum absolute atomic E-state index is 0.0404. The van der Waals surface area contributed by atoms with Gasteiger partial charge in [-0.1, -0.05) is 19.1 Å². The van der Waals surface area contributed by atoms with Gasteiger partial charge in [0.2, 0.25) is 0 Å². The van der Waals surface area contributed by atoms with E-state index in [4.69, 9.17) is 15.5 Å². The number of ether oxygens (including phenoxy) is 1. The molecule has 1 aromatic carbocycles. The Bertz CT molecular complexity index is 873. The second kappa shape index (κ2) is 11.4. The largest absolute Gasteiger partial charge is 0.444 e. The fraction of sp³-hybridized carbons (Fsp3) is 0.583. The Morgan fingerprint density at radius 2 is 2.06 bits per heavy atom. The van der Waals surface area contributed by atoms with Crippen LogP contribution in [0.5, 0.6) is 0 Å². The van der Waals surface area contributed by atoms with Gasteiger partial charge in [-0.25, -0.2) is 9.79 Å². The molecule has 184 valence electrons. The normalized spacial score (nSPS) is 17.3. The van der Waals surface area contributed by atoms with Gasteiger partial charge in [0.05, 0.1) is 11.7 Å². The maximum Gasteiger partial charge on any atom is 0.407 e. The third-order valence-corrected chi connectivity index (χ3v) is 5.23. The fourth-order valence-corrected chi connectivity index (χ4v) is 3.33. The van der Waals surface area contributed by atoms with Crippen LogP contribution in [0.1, 0.15) is 53.5 Å². The van der Waals surface area contributed by atoms with Gasteiger partial charge in [-0.05, 0) is 65.2 Å². The van der Waals surface area contributed by atoms with Gasteiger partial charge in [-0.3, -0.25) is 0 Å². The Hall–Kier alpha value is -2.78. The van der Waals surface area contributed by atoms with E-state index in [2.05, 4.69) is 41.6 Å². The number of anilines is 1. The van der Waals surface area contributed by atoms with Gasteiger partial charge in [-0.2, -0.15) is 0 Å². The Morgan fingerprint density at radius 1 is 1.36 bits per heavy atom. The maximum absolute atomic E-state index is 11.9. The monoisotopic (exact) mass is 460 g/mol. The Morgan fingerprint density at radius 3 is 2.64 bits per heavy atom. The molecule has 0 saturated carbocycles. The lowest BCUT2D eigenvalue weighted by molar-refractivity contribution is 0.0528. The van der Waals surface area contributed by atoms with Gasteiger partial charge in [0.1, 0.15) is 17.7 Å². The molecule has 9 heteroatoms. The van der Waals surface area contributed by atoms with Crippen molar-refractivity contribution in [3.63, 3.8) is 0 Å². The second-order valence-corrected chi connectivity index (χ2v) is 9.49. The molecule has 1 aliphatic rings. The zero-order chi connectivity index (χ0) is 24.8. The number of amides is 1. The first-order valence-corrected chi connectivity index (χ1v) is 11.5. The number of amidine groups is 1. The lowest BCUT2D eigenvalue weighted by Gasteiger charge is -2.36. The third-order valence-electron chi connectivity index (χ3n) is 5.23. The summed E-state index contributed by atoms with van der Waals surface area (Å²) < 4.78 is 5.27. The van der Waals surface area contributed by atoms with Crippen LogP contribution >= 0.6 is 0 Å². The maximum atomic E-state index is 11.9. The number of nitrogens with one attached hydrogen (secondary N) is 3. The highest BCUT2D eigenvalue weighted by Crippen LogP contribution is 2.21. The minimum atomic E-state index is -1.18. The highest BCUT2D eigenvalue weighted by atomic mass is 16.6. The topological polar surface area (TPSA) is 124 Å². The number of carbonyl (C=O) groups is 1. The fourth-order valence-electron chi connectivity index (χ4n) is 3.33. The van der Waals surface area contributed by atoms with Crippen LogP contribution in [-0.4, -0.2) is 59.4 Å². The zero-order valence-corrected chi connectivity index (χ0v) is 20.9. The molecule has 0 saturated heterocycles. The van der Waals surface area contributed by atoms with Crippen LogP contribution in [0.2, 0.25) is 0 Å². The highest BCUT2D eigenvalue weighted by Gasteiger charge is 2.29. The van der Waals surface area contributed by atoms with Gasteiger partial charge in [0.25, 0.3) is 0 Å². The SMILES string of the molecule is CCC1NC(C(N)O)=C(Nc2cccc(CCNC(=O)OC(C)(C)C)c2)N=C1N(C)C(C)C. The van der Waals surface area contributed by atoms with Gasteiger partial charge in [-0.15, -0.1) is 0 Å². The van der Waals surface area contributed by atoms with Crippen molar-refractivity contribution >= 4 is 17.6 Å². The predicted octanol–water partition coefficient (Wildman–Crippen LogP) is 2.73. The number of nitrogens with two attached hydrogens (primary N) is 1. The van der Waals surface area contributed by atoms with Crippen LogP contribution in [0, 0.1) is 0 Å². The van der Waals surface area contributed by atoms with Crippen LogP contribution in [-0.2, 0) is 11.2 Å². The van der Waals surface area contributed by atoms with E-state index < -0.39 is 17.9 Å². The molecule has 1 aromatic rings. The number of alkyl carbamates (subject to hydrolysis) is 1. The zero-order valence-electron chi connectivity index (χ0n) is 20.9. The summed E-state index contributed by atoms with van der Waals surface area (Å²) in [7, 11) is 2.01. The molecule has 9 nitrogen and oxygen atoms in total. The molecule has 0 spiro atoms. The third kappa shape index (κ3) is 7.94. The molecule has 1 amide bonds. The molecule has 6 N–H and O–H groups in total. The first kappa shape index (κ1) is 26.5. The molecule has 0 bridgehead atoms. The van der Waals surface area contributed by atoms with E-state index in [1.165, 1.54) is 0 Å². The van der Waals surface area contributed by atoms with Gasteiger partial charge in [0.15, 0.2) is 5.82 Å². The average Bonchev–Trinajstić information content (AvgIpc) is 2.71. The smallest absolute Gasteiger partial charge is 0.407 e. The number of likely N-dealkylation sites (N-methyl/N-ethyl adjacent to an activating group) is 1. The van der Waals surface area contributed by atoms with Crippen LogP contribution in [0.15, 0.2) is 40.8 Å². The molecule has 33 heavy (non-hydrogen) atoms. The summed E-state index contributed by atoms with van der Waals surface area (Å²) in [6, 6.07) is 8.05. The Labute approximate surface area is 197 Å². The van der Waals surface area contributed by atoms with Crippen LogP contribution < -0.4 is 21.7 Å². The van der Waals surface area contributed by atoms with Crippen molar-refractivity contribution in [1.29, 1.82) is 0 Å². The standard InChI is InChI=1S/C24H40N6O3/c1-8-18-22(30(7)15(2)3)29-21(19(28-18)20(25)31)27-17-11-9-10-16(14-17)12-13-26-23(32)33-24(4,5)6/h9-11,14-15,18,20,27-28,31H,8,12-13,25H2,1-7H3,(H,26,32). The van der Waals surface area contributed by atoms with Crippen molar-refractivity contribution in [2.75, 3.05) is 18.9 Å². The summed E-state index contributed by atoms with van der Waals surface area (Å²) >= 11 is 0. The van der Waals surface area contributed by atoms with Gasteiger partial charge in [0, 0.05) is 25.3 Å². The molecule has 0 fully saturated rings. The predicted molar refractivity (Wildman–Crippen MR) is 133 cm³/mol. The number of rotatable bonds is 8. The molecular formula is C24H40N6O3. The van der Waals surface area contributed by atoms with Crippen LogP contribution in [0.25, 0.3) is 0 Å². The summed E-state index contributed by atoms with van der Waals surface area (Å²) in [5, 5.41) is 19.6. The molecule has 0 radical (unpaired) electrons. The number of aliphatic hydroxyl groups is 1. The van der Waals surface area contributed by atoms with E-state index in [0.29, 0.717) is 24.5 Å². The molecule has 2 unspecified atom stereocenters. The second-order valence-electron chi connectivity index (χ2n) is 9.49. The van der Waals surface area contributed by atoms with Gasteiger partial charge < -0.3 is 36.4 Å². The van der Waals surface area contributed by atoms with Crippen molar-refractivity contribution in [2.45, 2.75) is 78.3 Å².